The van der Waals surface area contributed by atoms with Gasteiger partial charge in [-0.05, 0) is 36.1 Å². The van der Waals surface area contributed by atoms with Gasteiger partial charge < -0.3 is 14.2 Å². The average Bonchev–Trinajstić information content (AvgIpc) is 3.13. The highest BCUT2D eigenvalue weighted by Gasteiger charge is 2.15. The van der Waals surface area contributed by atoms with Gasteiger partial charge in [-0.25, -0.2) is 5.43 Å². The molecule has 6 nitrogen and oxygen atoms in total. The van der Waals surface area contributed by atoms with Gasteiger partial charge in [-0.15, -0.1) is 0 Å². The van der Waals surface area contributed by atoms with Gasteiger partial charge in [-0.2, -0.15) is 5.10 Å². The van der Waals surface area contributed by atoms with Crippen molar-refractivity contribution in [2.24, 2.45) is 5.10 Å². The molecule has 2 aromatic carbocycles. The summed E-state index contributed by atoms with van der Waals surface area (Å²) < 4.78 is 16.0. The number of amides is 1. The highest BCUT2D eigenvalue weighted by molar-refractivity contribution is 6.33. The molecule has 3 rings (SSSR count). The number of hydrazone groups is 1. The minimum absolute atomic E-state index is 0.130. The summed E-state index contributed by atoms with van der Waals surface area (Å²) in [7, 11) is 0. The fraction of sp³-hybridized carbons (Fsp3) is 0.300. The molecule has 2 aromatic rings. The molecule has 1 unspecified atom stereocenters. The number of hydrogen-bond acceptors (Lipinski definition) is 5. The Morgan fingerprint density at radius 2 is 2.00 bits per heavy atom. The minimum Gasteiger partial charge on any atom is -0.484 e. The maximum Gasteiger partial charge on any atom is 0.277 e. The Balaban J connectivity index is 1.49. The first-order chi connectivity index (χ1) is 13.1. The molecule has 0 bridgehead atoms. The summed E-state index contributed by atoms with van der Waals surface area (Å²) in [5.41, 5.74) is 4.27. The second-order valence-electron chi connectivity index (χ2n) is 6.19. The quantitative estimate of drug-likeness (QED) is 0.572. The molecule has 1 aliphatic rings. The number of carbonyl (C=O) groups excluding carboxylic acids is 1. The minimum atomic E-state index is -0.367. The van der Waals surface area contributed by atoms with Crippen LogP contribution in [0.1, 0.15) is 37.3 Å². The van der Waals surface area contributed by atoms with E-state index in [-0.39, 0.29) is 19.3 Å². The number of benzene rings is 2. The summed E-state index contributed by atoms with van der Waals surface area (Å²) in [5.74, 6) is 1.96. The summed E-state index contributed by atoms with van der Waals surface area (Å²) in [6, 6.07) is 11.1. The molecular weight excluding hydrogens is 368 g/mol. The van der Waals surface area contributed by atoms with Crippen molar-refractivity contribution in [2.45, 2.75) is 26.2 Å². The van der Waals surface area contributed by atoms with Crippen molar-refractivity contribution in [1.29, 1.82) is 0 Å². The third-order valence-corrected chi connectivity index (χ3v) is 4.64. The monoisotopic (exact) mass is 388 g/mol. The van der Waals surface area contributed by atoms with Gasteiger partial charge in [0.05, 0.1) is 11.2 Å². The van der Waals surface area contributed by atoms with Crippen LogP contribution in [0.15, 0.2) is 41.5 Å². The van der Waals surface area contributed by atoms with E-state index in [9.17, 15) is 4.79 Å². The molecule has 1 aliphatic heterocycles. The first-order valence-electron chi connectivity index (χ1n) is 8.70. The summed E-state index contributed by atoms with van der Waals surface area (Å²) >= 11 is 6.15. The van der Waals surface area contributed by atoms with Gasteiger partial charge in [-0.3, -0.25) is 4.79 Å². The zero-order chi connectivity index (χ0) is 19.2. The molecule has 142 valence electrons. The van der Waals surface area contributed by atoms with Crippen LogP contribution >= 0.6 is 11.6 Å². The van der Waals surface area contributed by atoms with Gasteiger partial charge in [0.1, 0.15) is 5.75 Å². The highest BCUT2D eigenvalue weighted by Crippen LogP contribution is 2.36. The van der Waals surface area contributed by atoms with Crippen molar-refractivity contribution in [3.05, 3.63) is 52.5 Å². The van der Waals surface area contributed by atoms with E-state index >= 15 is 0 Å². The normalized spacial score (nSPS) is 13.6. The predicted octanol–water partition coefficient (Wildman–Crippen LogP) is 4.11. The molecule has 0 spiro atoms. The fourth-order valence-corrected chi connectivity index (χ4v) is 2.72. The van der Waals surface area contributed by atoms with Crippen LogP contribution in [0.4, 0.5) is 0 Å². The van der Waals surface area contributed by atoms with E-state index in [0.717, 1.165) is 6.42 Å². The molecule has 7 heteroatoms. The van der Waals surface area contributed by atoms with Crippen LogP contribution in [0.25, 0.3) is 0 Å². The number of hydrogen-bond donors (Lipinski definition) is 1. The number of nitrogens with one attached hydrogen (secondary N) is 1. The van der Waals surface area contributed by atoms with Gasteiger partial charge in [0.15, 0.2) is 18.1 Å². The summed E-state index contributed by atoms with van der Waals surface area (Å²) in [6.45, 7) is 4.36. The lowest BCUT2D eigenvalue weighted by atomic mass is 9.99. The number of halogens is 1. The molecule has 1 N–H and O–H groups in total. The summed E-state index contributed by atoms with van der Waals surface area (Å²) in [6.07, 6.45) is 2.52. The van der Waals surface area contributed by atoms with Gasteiger partial charge in [-0.1, -0.05) is 37.6 Å². The van der Waals surface area contributed by atoms with E-state index in [1.165, 1.54) is 11.8 Å². The Morgan fingerprint density at radius 3 is 2.70 bits per heavy atom. The third-order valence-electron chi connectivity index (χ3n) is 4.32. The van der Waals surface area contributed by atoms with E-state index in [1.54, 1.807) is 12.1 Å². The van der Waals surface area contributed by atoms with Crippen LogP contribution in [0.3, 0.4) is 0 Å². The molecule has 1 amide bonds. The Hall–Kier alpha value is -2.73. The van der Waals surface area contributed by atoms with E-state index in [0.29, 0.717) is 33.8 Å². The topological polar surface area (TPSA) is 69.2 Å². The fourth-order valence-electron chi connectivity index (χ4n) is 2.52. The smallest absolute Gasteiger partial charge is 0.277 e. The number of carbonyl (C=O) groups is 1. The van der Waals surface area contributed by atoms with Gasteiger partial charge in [0.25, 0.3) is 5.91 Å². The molecule has 27 heavy (non-hydrogen) atoms. The predicted molar refractivity (Wildman–Crippen MR) is 104 cm³/mol. The van der Waals surface area contributed by atoms with Crippen molar-refractivity contribution in [3.8, 4) is 17.2 Å². The first kappa shape index (κ1) is 19.0. The lowest BCUT2D eigenvalue weighted by molar-refractivity contribution is -0.123. The molecule has 0 aliphatic carbocycles. The molecule has 0 saturated carbocycles. The van der Waals surface area contributed by atoms with Crippen molar-refractivity contribution in [1.82, 2.24) is 5.43 Å². The molecule has 1 heterocycles. The zero-order valence-corrected chi connectivity index (χ0v) is 16.0. The van der Waals surface area contributed by atoms with Crippen molar-refractivity contribution in [2.75, 3.05) is 13.4 Å². The molecule has 0 saturated heterocycles. The van der Waals surface area contributed by atoms with Gasteiger partial charge in [0, 0.05) is 11.6 Å². The van der Waals surface area contributed by atoms with Crippen LogP contribution in [0.5, 0.6) is 17.2 Å². The second kappa shape index (κ2) is 8.77. The van der Waals surface area contributed by atoms with Crippen LogP contribution in [-0.4, -0.2) is 25.5 Å². The second-order valence-corrected chi connectivity index (χ2v) is 6.59. The number of nitrogens with zero attached hydrogens (tertiary/aromatic N) is 1. The Kier molecular flexibility index (Phi) is 6.19. The Bertz CT molecular complexity index is 837. The summed E-state index contributed by atoms with van der Waals surface area (Å²) in [4.78, 5) is 11.9. The van der Waals surface area contributed by atoms with E-state index in [1.807, 2.05) is 24.3 Å². The Morgan fingerprint density at radius 1 is 1.30 bits per heavy atom. The molecule has 0 aromatic heterocycles. The lowest BCUT2D eigenvalue weighted by Gasteiger charge is -2.10. The molecule has 0 radical (unpaired) electrons. The average molecular weight is 389 g/mol. The zero-order valence-electron chi connectivity index (χ0n) is 15.2. The van der Waals surface area contributed by atoms with Crippen LogP contribution in [0.2, 0.25) is 5.02 Å². The maximum absolute atomic E-state index is 11.9. The van der Waals surface area contributed by atoms with Crippen LogP contribution in [-0.2, 0) is 4.79 Å². The third kappa shape index (κ3) is 4.92. The van der Waals surface area contributed by atoms with Gasteiger partial charge >= 0.3 is 0 Å². The van der Waals surface area contributed by atoms with Gasteiger partial charge in [0.2, 0.25) is 6.79 Å². The Labute approximate surface area is 163 Å². The van der Waals surface area contributed by atoms with Crippen LogP contribution in [0, 0.1) is 0 Å². The first-order valence-corrected chi connectivity index (χ1v) is 9.08. The molecule has 1 atom stereocenters. The largest absolute Gasteiger partial charge is 0.484 e. The van der Waals surface area contributed by atoms with E-state index < -0.39 is 0 Å². The number of rotatable bonds is 7. The lowest BCUT2D eigenvalue weighted by Crippen LogP contribution is -2.24. The highest BCUT2D eigenvalue weighted by atomic mass is 35.5. The molecular formula is C20H21ClN2O4. The van der Waals surface area contributed by atoms with Crippen LogP contribution < -0.4 is 19.6 Å². The van der Waals surface area contributed by atoms with Crippen molar-refractivity contribution in [3.63, 3.8) is 0 Å². The van der Waals surface area contributed by atoms with E-state index in [2.05, 4.69) is 24.4 Å². The van der Waals surface area contributed by atoms with Crippen molar-refractivity contribution >= 4 is 23.7 Å². The number of ether oxygens (including phenoxy) is 3. The SMILES string of the molecule is CCC(C)c1ccc(OCC(=O)N/N=C/c2cc3c(cc2Cl)OCO3)cc1. The standard InChI is InChI=1S/C20H21ClN2O4/c1-3-13(2)14-4-6-16(7-5-14)25-11-20(24)23-22-10-15-8-18-19(9-17(15)21)27-12-26-18/h4-10,13H,3,11-12H2,1-2H3,(H,23,24)/b22-10+. The summed E-state index contributed by atoms with van der Waals surface area (Å²) in [5, 5.41) is 4.36. The van der Waals surface area contributed by atoms with E-state index in [4.69, 9.17) is 25.8 Å². The number of fused-ring (bicyclic) bond motifs is 1. The maximum atomic E-state index is 11.9. The molecule has 0 fully saturated rings. The van der Waals surface area contributed by atoms with Crippen molar-refractivity contribution < 1.29 is 19.0 Å².